The topological polar surface area (TPSA) is 74.3 Å². The van der Waals surface area contributed by atoms with E-state index in [-0.39, 0.29) is 17.7 Å². The van der Waals surface area contributed by atoms with Crippen LogP contribution in [-0.4, -0.2) is 16.7 Å². The van der Waals surface area contributed by atoms with Crippen LogP contribution in [0.5, 0.6) is 0 Å². The Morgan fingerprint density at radius 3 is 2.44 bits per heavy atom. The molecule has 0 saturated heterocycles. The standard InChI is InChI=1S/C25H16Cl2N2O3/c1-15-19(12-18-8-10-23(32-18)17-7-9-21(26)22(27)11-17)24(30)29(25(31)20(15)13-28)14-16-5-3-2-4-6-16/h2-12H,14H2,1H3/b19-12+. The zero-order chi connectivity index (χ0) is 22.8. The zero-order valence-corrected chi connectivity index (χ0v) is 18.4. The van der Waals surface area contributed by atoms with Crippen LogP contribution < -0.4 is 0 Å². The summed E-state index contributed by atoms with van der Waals surface area (Å²) in [5.74, 6) is -0.145. The first-order valence-electron chi connectivity index (χ1n) is 9.67. The number of nitriles is 1. The second-order valence-corrected chi connectivity index (χ2v) is 8.00. The number of furan rings is 1. The third kappa shape index (κ3) is 4.11. The van der Waals surface area contributed by atoms with E-state index in [0.29, 0.717) is 27.1 Å². The predicted octanol–water partition coefficient (Wildman–Crippen LogP) is 6.05. The molecule has 0 atom stereocenters. The summed E-state index contributed by atoms with van der Waals surface area (Å²) in [5.41, 5.74) is 1.99. The van der Waals surface area contributed by atoms with Crippen LogP contribution >= 0.6 is 23.2 Å². The Labute approximate surface area is 194 Å². The molecule has 1 aliphatic rings. The van der Waals surface area contributed by atoms with Crippen molar-refractivity contribution in [3.8, 4) is 17.4 Å². The quantitative estimate of drug-likeness (QED) is 0.349. The number of benzene rings is 2. The Morgan fingerprint density at radius 1 is 1.00 bits per heavy atom. The summed E-state index contributed by atoms with van der Waals surface area (Å²) in [6, 6.07) is 19.6. The van der Waals surface area contributed by atoms with Gasteiger partial charge in [-0.15, -0.1) is 0 Å². The second kappa shape index (κ2) is 8.88. The molecular weight excluding hydrogens is 447 g/mol. The van der Waals surface area contributed by atoms with Crippen molar-refractivity contribution in [1.82, 2.24) is 4.90 Å². The minimum Gasteiger partial charge on any atom is -0.457 e. The summed E-state index contributed by atoms with van der Waals surface area (Å²) in [4.78, 5) is 27.1. The molecule has 0 bridgehead atoms. The summed E-state index contributed by atoms with van der Waals surface area (Å²) in [7, 11) is 0. The van der Waals surface area contributed by atoms with Gasteiger partial charge in [-0.3, -0.25) is 14.5 Å². The van der Waals surface area contributed by atoms with Gasteiger partial charge in [-0.25, -0.2) is 0 Å². The Bertz CT molecular complexity index is 1330. The average Bonchev–Trinajstić information content (AvgIpc) is 3.26. The Balaban J connectivity index is 1.71. The lowest BCUT2D eigenvalue weighted by molar-refractivity contribution is -0.141. The lowest BCUT2D eigenvalue weighted by Crippen LogP contribution is -2.42. The van der Waals surface area contributed by atoms with Gasteiger partial charge in [-0.1, -0.05) is 53.5 Å². The molecule has 0 saturated carbocycles. The molecule has 1 aliphatic heterocycles. The average molecular weight is 463 g/mol. The number of carbonyl (C=O) groups excluding carboxylic acids is 2. The van der Waals surface area contributed by atoms with Crippen LogP contribution in [0.15, 0.2) is 81.8 Å². The summed E-state index contributed by atoms with van der Waals surface area (Å²) in [5, 5.41) is 10.4. The van der Waals surface area contributed by atoms with Crippen molar-refractivity contribution in [2.45, 2.75) is 13.5 Å². The van der Waals surface area contributed by atoms with Crippen molar-refractivity contribution in [2.24, 2.45) is 0 Å². The SMILES string of the molecule is CC1=C(C#N)C(=O)N(Cc2ccccc2)C(=O)/C1=C/c1ccc(-c2ccc(Cl)c(Cl)c2)o1. The largest absolute Gasteiger partial charge is 0.457 e. The highest BCUT2D eigenvalue weighted by Crippen LogP contribution is 2.32. The maximum Gasteiger partial charge on any atom is 0.271 e. The molecular formula is C25H16Cl2N2O3. The number of imide groups is 1. The third-order valence-electron chi connectivity index (χ3n) is 5.13. The molecule has 0 radical (unpaired) electrons. The molecule has 0 aliphatic carbocycles. The van der Waals surface area contributed by atoms with E-state index in [1.807, 2.05) is 36.4 Å². The van der Waals surface area contributed by atoms with Gasteiger partial charge in [0.1, 0.15) is 23.2 Å². The maximum atomic E-state index is 13.2. The van der Waals surface area contributed by atoms with E-state index in [9.17, 15) is 14.9 Å². The lowest BCUT2D eigenvalue weighted by atomic mass is 9.94. The van der Waals surface area contributed by atoms with E-state index >= 15 is 0 Å². The maximum absolute atomic E-state index is 13.2. The number of hydrogen-bond donors (Lipinski definition) is 0. The molecule has 3 aromatic rings. The number of rotatable bonds is 4. The summed E-state index contributed by atoms with van der Waals surface area (Å²) in [6.45, 7) is 1.66. The van der Waals surface area contributed by atoms with Gasteiger partial charge in [0.05, 0.1) is 16.6 Å². The van der Waals surface area contributed by atoms with Gasteiger partial charge in [0.15, 0.2) is 0 Å². The molecule has 2 aromatic carbocycles. The Kier molecular flexibility index (Phi) is 6.00. The molecule has 0 spiro atoms. The van der Waals surface area contributed by atoms with Crippen LogP contribution in [0.1, 0.15) is 18.2 Å². The van der Waals surface area contributed by atoms with Crippen molar-refractivity contribution >= 4 is 41.1 Å². The van der Waals surface area contributed by atoms with Gasteiger partial charge in [-0.05, 0) is 54.5 Å². The van der Waals surface area contributed by atoms with Gasteiger partial charge >= 0.3 is 0 Å². The van der Waals surface area contributed by atoms with Crippen molar-refractivity contribution < 1.29 is 14.0 Å². The molecule has 0 N–H and O–H groups in total. The fourth-order valence-electron chi connectivity index (χ4n) is 3.42. The lowest BCUT2D eigenvalue weighted by Gasteiger charge is -2.27. The minimum atomic E-state index is -0.605. The van der Waals surface area contributed by atoms with Gasteiger partial charge in [0.2, 0.25) is 0 Å². The number of halogens is 2. The Hall–Kier alpha value is -3.59. The van der Waals surface area contributed by atoms with Crippen molar-refractivity contribution in [3.05, 3.63) is 98.8 Å². The number of carbonyl (C=O) groups is 2. The second-order valence-electron chi connectivity index (χ2n) is 7.18. The van der Waals surface area contributed by atoms with Crippen LogP contribution in [0.25, 0.3) is 17.4 Å². The molecule has 1 aromatic heterocycles. The number of amides is 2. The van der Waals surface area contributed by atoms with Crippen LogP contribution in [-0.2, 0) is 16.1 Å². The highest BCUT2D eigenvalue weighted by Gasteiger charge is 2.35. The summed E-state index contributed by atoms with van der Waals surface area (Å²) >= 11 is 12.1. The van der Waals surface area contributed by atoms with Gasteiger partial charge in [0.25, 0.3) is 11.8 Å². The molecule has 0 fully saturated rings. The van der Waals surface area contributed by atoms with Crippen LogP contribution in [0.4, 0.5) is 0 Å². The minimum absolute atomic E-state index is 0.0666. The molecule has 2 amide bonds. The van der Waals surface area contributed by atoms with Gasteiger partial charge < -0.3 is 4.42 Å². The fourth-order valence-corrected chi connectivity index (χ4v) is 3.71. The van der Waals surface area contributed by atoms with Gasteiger partial charge in [0, 0.05) is 11.1 Å². The molecule has 4 rings (SSSR count). The Morgan fingerprint density at radius 2 is 1.75 bits per heavy atom. The molecule has 5 nitrogen and oxygen atoms in total. The monoisotopic (exact) mass is 462 g/mol. The first-order chi connectivity index (χ1) is 15.4. The van der Waals surface area contributed by atoms with Crippen LogP contribution in [0.3, 0.4) is 0 Å². The molecule has 2 heterocycles. The highest BCUT2D eigenvalue weighted by atomic mass is 35.5. The van der Waals surface area contributed by atoms with Crippen LogP contribution in [0.2, 0.25) is 10.0 Å². The molecule has 7 heteroatoms. The zero-order valence-electron chi connectivity index (χ0n) is 16.9. The normalized spacial score (nSPS) is 15.4. The van der Waals surface area contributed by atoms with E-state index in [1.54, 1.807) is 43.3 Å². The number of nitrogens with zero attached hydrogens (tertiary/aromatic N) is 2. The van der Waals surface area contributed by atoms with E-state index in [2.05, 4.69) is 0 Å². The number of hydrogen-bond acceptors (Lipinski definition) is 4. The smallest absolute Gasteiger partial charge is 0.271 e. The fraction of sp³-hybridized carbons (Fsp3) is 0.0800. The van der Waals surface area contributed by atoms with Crippen molar-refractivity contribution in [2.75, 3.05) is 0 Å². The van der Waals surface area contributed by atoms with Crippen molar-refractivity contribution in [1.29, 1.82) is 5.26 Å². The summed E-state index contributed by atoms with van der Waals surface area (Å²) in [6.07, 6.45) is 1.54. The van der Waals surface area contributed by atoms with E-state index in [4.69, 9.17) is 27.6 Å². The molecule has 0 unspecified atom stereocenters. The first-order valence-corrected chi connectivity index (χ1v) is 10.4. The van der Waals surface area contributed by atoms with Gasteiger partial charge in [-0.2, -0.15) is 5.26 Å². The third-order valence-corrected chi connectivity index (χ3v) is 5.87. The predicted molar refractivity (Wildman–Crippen MR) is 122 cm³/mol. The molecule has 32 heavy (non-hydrogen) atoms. The van der Waals surface area contributed by atoms with Crippen LogP contribution in [0, 0.1) is 11.3 Å². The van der Waals surface area contributed by atoms with E-state index in [0.717, 1.165) is 16.0 Å². The first kappa shape index (κ1) is 21.6. The van der Waals surface area contributed by atoms with E-state index in [1.165, 1.54) is 0 Å². The van der Waals surface area contributed by atoms with E-state index < -0.39 is 11.8 Å². The van der Waals surface area contributed by atoms with Crippen molar-refractivity contribution in [3.63, 3.8) is 0 Å². The molecule has 158 valence electrons. The summed E-state index contributed by atoms with van der Waals surface area (Å²) < 4.78 is 5.87. The highest BCUT2D eigenvalue weighted by molar-refractivity contribution is 6.42.